The number of carbonyl (C=O) groups is 1. The van der Waals surface area contributed by atoms with Crippen molar-refractivity contribution in [3.8, 4) is 5.75 Å². The van der Waals surface area contributed by atoms with Crippen LogP contribution in [0.4, 0.5) is 17.3 Å². The molecule has 9 nitrogen and oxygen atoms in total. The Labute approximate surface area is 168 Å². The van der Waals surface area contributed by atoms with Gasteiger partial charge in [0.05, 0.1) is 12.8 Å². The molecule has 1 fully saturated rings. The van der Waals surface area contributed by atoms with Crippen LogP contribution in [0.5, 0.6) is 5.75 Å². The van der Waals surface area contributed by atoms with Gasteiger partial charge < -0.3 is 24.4 Å². The number of rotatable bonds is 5. The highest BCUT2D eigenvalue weighted by atomic mass is 16.5. The first-order chi connectivity index (χ1) is 14.1. The zero-order valence-corrected chi connectivity index (χ0v) is 16.3. The SMILES string of the molecule is COc1ccccc1N1CCN(c2ccc(C(=O)Nc3cc(C)on3)nn2)CC1. The van der Waals surface area contributed by atoms with Crippen LogP contribution in [-0.4, -0.2) is 54.6 Å². The van der Waals surface area contributed by atoms with Crippen molar-refractivity contribution in [3.05, 3.63) is 53.9 Å². The maximum absolute atomic E-state index is 12.2. The molecule has 4 rings (SSSR count). The van der Waals surface area contributed by atoms with E-state index < -0.39 is 0 Å². The number of nitrogens with one attached hydrogen (secondary N) is 1. The Morgan fingerprint density at radius 3 is 2.48 bits per heavy atom. The summed E-state index contributed by atoms with van der Waals surface area (Å²) >= 11 is 0. The number of methoxy groups -OCH3 is 1. The predicted octanol–water partition coefficient (Wildman–Crippen LogP) is 2.36. The molecular weight excluding hydrogens is 372 g/mol. The molecule has 3 aromatic rings. The van der Waals surface area contributed by atoms with Gasteiger partial charge in [-0.15, -0.1) is 10.2 Å². The number of para-hydroxylation sites is 2. The van der Waals surface area contributed by atoms with E-state index in [0.29, 0.717) is 11.6 Å². The summed E-state index contributed by atoms with van der Waals surface area (Å²) in [6.45, 7) is 5.05. The fourth-order valence-electron chi connectivity index (χ4n) is 3.29. The summed E-state index contributed by atoms with van der Waals surface area (Å²) in [7, 11) is 1.69. The molecule has 0 bridgehead atoms. The lowest BCUT2D eigenvalue weighted by Crippen LogP contribution is -2.47. The molecule has 0 atom stereocenters. The summed E-state index contributed by atoms with van der Waals surface area (Å²) in [6.07, 6.45) is 0. The lowest BCUT2D eigenvalue weighted by atomic mass is 10.2. The highest BCUT2D eigenvalue weighted by molar-refractivity contribution is 6.02. The molecule has 1 aliphatic rings. The van der Waals surface area contributed by atoms with Crippen LogP contribution in [0.2, 0.25) is 0 Å². The largest absolute Gasteiger partial charge is 0.495 e. The zero-order chi connectivity index (χ0) is 20.2. The van der Waals surface area contributed by atoms with Gasteiger partial charge in [-0.25, -0.2) is 0 Å². The van der Waals surface area contributed by atoms with Gasteiger partial charge in [0.2, 0.25) is 0 Å². The van der Waals surface area contributed by atoms with Gasteiger partial charge in [-0.1, -0.05) is 17.3 Å². The first-order valence-electron chi connectivity index (χ1n) is 9.35. The van der Waals surface area contributed by atoms with E-state index in [0.717, 1.165) is 43.4 Å². The Kier molecular flexibility index (Phi) is 5.28. The summed E-state index contributed by atoms with van der Waals surface area (Å²) in [5.74, 6) is 2.22. The molecule has 9 heteroatoms. The van der Waals surface area contributed by atoms with Gasteiger partial charge in [-0.3, -0.25) is 4.79 Å². The molecule has 150 valence electrons. The number of anilines is 3. The normalized spacial score (nSPS) is 14.0. The van der Waals surface area contributed by atoms with E-state index >= 15 is 0 Å². The fraction of sp³-hybridized carbons (Fsp3) is 0.300. The molecule has 0 radical (unpaired) electrons. The standard InChI is InChI=1S/C20H22N6O3/c1-14-13-18(24-29-14)21-20(27)15-7-8-19(23-22-15)26-11-9-25(10-12-26)16-5-3-4-6-17(16)28-2/h3-8,13H,9-12H2,1-2H3,(H,21,24,27). The van der Waals surface area contributed by atoms with Crippen LogP contribution >= 0.6 is 0 Å². The summed E-state index contributed by atoms with van der Waals surface area (Å²) in [5, 5.41) is 14.7. The molecule has 2 aromatic heterocycles. The second-order valence-electron chi connectivity index (χ2n) is 6.70. The van der Waals surface area contributed by atoms with Gasteiger partial charge >= 0.3 is 0 Å². The Balaban J connectivity index is 1.37. The first kappa shape index (κ1) is 18.7. The van der Waals surface area contributed by atoms with Gasteiger partial charge in [0.25, 0.3) is 5.91 Å². The number of nitrogens with zero attached hydrogens (tertiary/aromatic N) is 5. The summed E-state index contributed by atoms with van der Waals surface area (Å²) in [4.78, 5) is 16.7. The van der Waals surface area contributed by atoms with Crippen molar-refractivity contribution < 1.29 is 14.1 Å². The number of benzene rings is 1. The van der Waals surface area contributed by atoms with Crippen LogP contribution in [0.25, 0.3) is 0 Å². The first-order valence-corrected chi connectivity index (χ1v) is 9.35. The van der Waals surface area contributed by atoms with Crippen molar-refractivity contribution in [3.63, 3.8) is 0 Å². The number of piperazine rings is 1. The number of amides is 1. The fourth-order valence-corrected chi connectivity index (χ4v) is 3.29. The molecule has 1 aliphatic heterocycles. The van der Waals surface area contributed by atoms with Crippen molar-refractivity contribution in [2.75, 3.05) is 48.4 Å². The molecule has 1 aromatic carbocycles. The number of hydrogen-bond acceptors (Lipinski definition) is 8. The number of carbonyl (C=O) groups excluding carboxylic acids is 1. The second kappa shape index (κ2) is 8.17. The van der Waals surface area contributed by atoms with Gasteiger partial charge in [-0.2, -0.15) is 0 Å². The second-order valence-corrected chi connectivity index (χ2v) is 6.70. The van der Waals surface area contributed by atoms with E-state index in [1.807, 2.05) is 24.3 Å². The molecule has 29 heavy (non-hydrogen) atoms. The van der Waals surface area contributed by atoms with Crippen LogP contribution in [0.15, 0.2) is 47.0 Å². The van der Waals surface area contributed by atoms with Crippen molar-refractivity contribution in [2.45, 2.75) is 6.92 Å². The minimum atomic E-state index is -0.377. The average molecular weight is 394 g/mol. The molecule has 0 saturated carbocycles. The van der Waals surface area contributed by atoms with Crippen molar-refractivity contribution in [1.82, 2.24) is 15.4 Å². The molecule has 0 spiro atoms. The Bertz CT molecular complexity index is 980. The molecule has 0 aliphatic carbocycles. The zero-order valence-electron chi connectivity index (χ0n) is 16.3. The number of aryl methyl sites for hydroxylation is 1. The monoisotopic (exact) mass is 394 g/mol. The molecule has 0 unspecified atom stereocenters. The number of aromatic nitrogens is 3. The maximum Gasteiger partial charge on any atom is 0.277 e. The van der Waals surface area contributed by atoms with Crippen LogP contribution in [0, 0.1) is 6.92 Å². The lowest BCUT2D eigenvalue weighted by molar-refractivity contribution is 0.102. The van der Waals surface area contributed by atoms with E-state index in [1.165, 1.54) is 0 Å². The van der Waals surface area contributed by atoms with Gasteiger partial charge in [-0.05, 0) is 31.2 Å². The number of ether oxygens (including phenoxy) is 1. The van der Waals surface area contributed by atoms with E-state index in [2.05, 4.69) is 36.5 Å². The van der Waals surface area contributed by atoms with Crippen molar-refractivity contribution >= 4 is 23.2 Å². The third-order valence-corrected chi connectivity index (χ3v) is 4.78. The molecule has 1 saturated heterocycles. The average Bonchev–Trinajstić information content (AvgIpc) is 3.18. The smallest absolute Gasteiger partial charge is 0.277 e. The van der Waals surface area contributed by atoms with Crippen molar-refractivity contribution in [2.24, 2.45) is 0 Å². The Morgan fingerprint density at radius 1 is 1.07 bits per heavy atom. The third-order valence-electron chi connectivity index (χ3n) is 4.78. The summed E-state index contributed by atoms with van der Waals surface area (Å²) in [5.41, 5.74) is 1.32. The van der Waals surface area contributed by atoms with Gasteiger partial charge in [0.15, 0.2) is 17.3 Å². The lowest BCUT2D eigenvalue weighted by Gasteiger charge is -2.37. The molecule has 1 amide bonds. The van der Waals surface area contributed by atoms with Crippen LogP contribution in [0.3, 0.4) is 0 Å². The van der Waals surface area contributed by atoms with Gasteiger partial charge in [0.1, 0.15) is 11.5 Å². The van der Waals surface area contributed by atoms with Gasteiger partial charge in [0, 0.05) is 32.2 Å². The predicted molar refractivity (Wildman–Crippen MR) is 109 cm³/mol. The molecule has 1 N–H and O–H groups in total. The van der Waals surface area contributed by atoms with Crippen molar-refractivity contribution in [1.29, 1.82) is 0 Å². The summed E-state index contributed by atoms with van der Waals surface area (Å²) in [6, 6.07) is 13.1. The van der Waals surface area contributed by atoms with E-state index in [4.69, 9.17) is 9.26 Å². The van der Waals surface area contributed by atoms with E-state index in [1.54, 1.807) is 26.2 Å². The molecular formula is C20H22N6O3. The molecule has 3 heterocycles. The quantitative estimate of drug-likeness (QED) is 0.704. The number of hydrogen-bond donors (Lipinski definition) is 1. The Hall–Kier alpha value is -3.62. The Morgan fingerprint density at radius 2 is 1.83 bits per heavy atom. The van der Waals surface area contributed by atoms with Crippen LogP contribution < -0.4 is 19.9 Å². The van der Waals surface area contributed by atoms with E-state index in [-0.39, 0.29) is 11.6 Å². The van der Waals surface area contributed by atoms with Crippen LogP contribution in [0.1, 0.15) is 16.2 Å². The highest BCUT2D eigenvalue weighted by Crippen LogP contribution is 2.28. The highest BCUT2D eigenvalue weighted by Gasteiger charge is 2.21. The van der Waals surface area contributed by atoms with E-state index in [9.17, 15) is 4.79 Å². The van der Waals surface area contributed by atoms with Crippen LogP contribution in [-0.2, 0) is 0 Å². The minimum Gasteiger partial charge on any atom is -0.495 e. The topological polar surface area (TPSA) is 96.6 Å². The third kappa shape index (κ3) is 4.13. The maximum atomic E-state index is 12.2. The summed E-state index contributed by atoms with van der Waals surface area (Å²) < 4.78 is 10.4. The minimum absolute atomic E-state index is 0.224.